The molecule has 2 atom stereocenters. The highest BCUT2D eigenvalue weighted by atomic mass is 19.4. The Kier molecular flexibility index (Phi) is 3.60. The third-order valence-electron chi connectivity index (χ3n) is 4.08. The van der Waals surface area contributed by atoms with Gasteiger partial charge in [0.2, 0.25) is 0 Å². The lowest BCUT2D eigenvalue weighted by atomic mass is 9.87. The molecule has 106 valence electrons. The summed E-state index contributed by atoms with van der Waals surface area (Å²) in [5, 5.41) is 0. The molecular weight excluding hydrogens is 258 g/mol. The average molecular weight is 275 g/mol. The summed E-state index contributed by atoms with van der Waals surface area (Å²) in [6, 6.07) is 3.04. The van der Waals surface area contributed by atoms with E-state index >= 15 is 0 Å². The minimum absolute atomic E-state index is 0.467. The second-order valence-electron chi connectivity index (χ2n) is 5.37. The standard InChI is InChI=1S/C14H17F4N/c1-2-9-5-6-13(19,8-9)10-3-4-11(12(15)7-10)14(16,17)18/h3-4,7,9H,2,5-6,8,19H2,1H3. The van der Waals surface area contributed by atoms with E-state index in [1.165, 1.54) is 6.07 Å². The fraction of sp³-hybridized carbons (Fsp3) is 0.571. The maximum absolute atomic E-state index is 13.6. The molecule has 1 fully saturated rings. The van der Waals surface area contributed by atoms with Crippen LogP contribution in [0.4, 0.5) is 17.6 Å². The van der Waals surface area contributed by atoms with Crippen molar-refractivity contribution in [3.05, 3.63) is 35.1 Å². The van der Waals surface area contributed by atoms with Gasteiger partial charge in [-0.3, -0.25) is 0 Å². The molecular formula is C14H17F4N. The van der Waals surface area contributed by atoms with E-state index in [4.69, 9.17) is 5.73 Å². The molecule has 2 rings (SSSR count). The van der Waals surface area contributed by atoms with Crippen LogP contribution in [0, 0.1) is 11.7 Å². The summed E-state index contributed by atoms with van der Waals surface area (Å²) in [5.74, 6) is -0.773. The van der Waals surface area contributed by atoms with Crippen LogP contribution < -0.4 is 5.73 Å². The quantitative estimate of drug-likeness (QED) is 0.804. The summed E-state index contributed by atoms with van der Waals surface area (Å²) in [4.78, 5) is 0. The van der Waals surface area contributed by atoms with E-state index in [9.17, 15) is 17.6 Å². The highest BCUT2D eigenvalue weighted by Crippen LogP contribution is 2.42. The Morgan fingerprint density at radius 1 is 1.37 bits per heavy atom. The maximum Gasteiger partial charge on any atom is 0.419 e. The second-order valence-corrected chi connectivity index (χ2v) is 5.37. The summed E-state index contributed by atoms with van der Waals surface area (Å²) < 4.78 is 51.1. The van der Waals surface area contributed by atoms with Gasteiger partial charge in [0, 0.05) is 5.54 Å². The molecule has 0 radical (unpaired) electrons. The number of rotatable bonds is 2. The Labute approximate surface area is 109 Å². The van der Waals surface area contributed by atoms with Crippen molar-refractivity contribution in [2.24, 2.45) is 11.7 Å². The van der Waals surface area contributed by atoms with Crippen molar-refractivity contribution in [2.45, 2.75) is 44.3 Å². The number of nitrogens with two attached hydrogens (primary N) is 1. The van der Waals surface area contributed by atoms with Crippen molar-refractivity contribution in [3.63, 3.8) is 0 Å². The van der Waals surface area contributed by atoms with Crippen LogP contribution in [0.3, 0.4) is 0 Å². The molecule has 1 aromatic rings. The summed E-state index contributed by atoms with van der Waals surface area (Å²) in [7, 11) is 0. The monoisotopic (exact) mass is 275 g/mol. The van der Waals surface area contributed by atoms with Crippen molar-refractivity contribution in [3.8, 4) is 0 Å². The smallest absolute Gasteiger partial charge is 0.321 e. The first-order chi connectivity index (χ1) is 8.76. The largest absolute Gasteiger partial charge is 0.419 e. The zero-order valence-corrected chi connectivity index (χ0v) is 10.7. The number of hydrogen-bond acceptors (Lipinski definition) is 1. The second kappa shape index (κ2) is 4.78. The normalized spacial score (nSPS) is 27.8. The Morgan fingerprint density at radius 3 is 2.53 bits per heavy atom. The number of alkyl halides is 3. The Balaban J connectivity index is 2.30. The maximum atomic E-state index is 13.6. The molecule has 0 saturated heterocycles. The Morgan fingerprint density at radius 2 is 2.05 bits per heavy atom. The van der Waals surface area contributed by atoms with E-state index in [-0.39, 0.29) is 0 Å². The van der Waals surface area contributed by atoms with E-state index in [0.717, 1.165) is 25.0 Å². The average Bonchev–Trinajstić information content (AvgIpc) is 2.71. The molecule has 0 spiro atoms. The molecule has 0 bridgehead atoms. The molecule has 1 aliphatic rings. The highest BCUT2D eigenvalue weighted by Gasteiger charge is 2.39. The third kappa shape index (κ3) is 2.76. The van der Waals surface area contributed by atoms with Gasteiger partial charge in [-0.1, -0.05) is 19.4 Å². The zero-order valence-electron chi connectivity index (χ0n) is 10.7. The first-order valence-electron chi connectivity index (χ1n) is 6.42. The van der Waals surface area contributed by atoms with Gasteiger partial charge in [0.05, 0.1) is 5.56 Å². The summed E-state index contributed by atoms with van der Waals surface area (Å²) in [6.45, 7) is 2.06. The van der Waals surface area contributed by atoms with Gasteiger partial charge in [-0.25, -0.2) is 4.39 Å². The minimum atomic E-state index is -4.66. The van der Waals surface area contributed by atoms with E-state index in [2.05, 4.69) is 6.92 Å². The molecule has 0 aromatic heterocycles. The van der Waals surface area contributed by atoms with Crippen LogP contribution in [0.2, 0.25) is 0 Å². The molecule has 0 aliphatic heterocycles. The fourth-order valence-corrected chi connectivity index (χ4v) is 2.85. The lowest BCUT2D eigenvalue weighted by Crippen LogP contribution is -2.34. The fourth-order valence-electron chi connectivity index (χ4n) is 2.85. The molecule has 2 N–H and O–H groups in total. The van der Waals surface area contributed by atoms with E-state index in [1.54, 1.807) is 0 Å². The molecule has 1 aliphatic carbocycles. The third-order valence-corrected chi connectivity index (χ3v) is 4.08. The van der Waals surface area contributed by atoms with Gasteiger partial charge < -0.3 is 5.73 Å². The van der Waals surface area contributed by atoms with Gasteiger partial charge in [0.1, 0.15) is 5.82 Å². The van der Waals surface area contributed by atoms with E-state index in [1.807, 2.05) is 0 Å². The number of hydrogen-bond donors (Lipinski definition) is 1. The molecule has 0 heterocycles. The van der Waals surface area contributed by atoms with Gasteiger partial charge >= 0.3 is 6.18 Å². The van der Waals surface area contributed by atoms with Crippen LogP contribution in [-0.2, 0) is 11.7 Å². The van der Waals surface area contributed by atoms with Gasteiger partial charge in [0.25, 0.3) is 0 Å². The van der Waals surface area contributed by atoms with Crippen molar-refractivity contribution >= 4 is 0 Å². The summed E-state index contributed by atoms with van der Waals surface area (Å²) in [6.07, 6.45) is -1.34. The van der Waals surface area contributed by atoms with E-state index in [0.29, 0.717) is 24.3 Å². The molecule has 1 saturated carbocycles. The number of halogens is 4. The lowest BCUT2D eigenvalue weighted by Gasteiger charge is -2.25. The van der Waals surface area contributed by atoms with Crippen LogP contribution in [-0.4, -0.2) is 0 Å². The van der Waals surface area contributed by atoms with Gasteiger partial charge in [-0.2, -0.15) is 13.2 Å². The van der Waals surface area contributed by atoms with Crippen LogP contribution >= 0.6 is 0 Å². The van der Waals surface area contributed by atoms with E-state index < -0.39 is 23.1 Å². The Bertz CT molecular complexity index is 469. The van der Waals surface area contributed by atoms with Gasteiger partial charge in [-0.15, -0.1) is 0 Å². The molecule has 0 amide bonds. The topological polar surface area (TPSA) is 26.0 Å². The van der Waals surface area contributed by atoms with Crippen molar-refractivity contribution in [2.75, 3.05) is 0 Å². The van der Waals surface area contributed by atoms with Crippen molar-refractivity contribution in [1.82, 2.24) is 0 Å². The van der Waals surface area contributed by atoms with Crippen LogP contribution in [0.1, 0.15) is 43.7 Å². The number of benzene rings is 1. The predicted octanol–water partition coefficient (Wildman–Crippen LogP) is 4.21. The van der Waals surface area contributed by atoms with Crippen LogP contribution in [0.15, 0.2) is 18.2 Å². The zero-order chi connectivity index (χ0) is 14.3. The van der Waals surface area contributed by atoms with Crippen LogP contribution in [0.5, 0.6) is 0 Å². The van der Waals surface area contributed by atoms with Gasteiger partial charge in [-0.05, 0) is 42.9 Å². The minimum Gasteiger partial charge on any atom is -0.321 e. The molecule has 2 unspecified atom stereocenters. The summed E-state index contributed by atoms with van der Waals surface area (Å²) >= 11 is 0. The SMILES string of the molecule is CCC1CCC(N)(c2ccc(C(F)(F)F)c(F)c2)C1. The predicted molar refractivity (Wildman–Crippen MR) is 64.9 cm³/mol. The first-order valence-corrected chi connectivity index (χ1v) is 6.42. The van der Waals surface area contributed by atoms with Crippen molar-refractivity contribution < 1.29 is 17.6 Å². The molecule has 19 heavy (non-hydrogen) atoms. The first kappa shape index (κ1) is 14.3. The lowest BCUT2D eigenvalue weighted by molar-refractivity contribution is -0.140. The molecule has 1 nitrogen and oxygen atoms in total. The van der Waals surface area contributed by atoms with Crippen molar-refractivity contribution in [1.29, 1.82) is 0 Å². The summed E-state index contributed by atoms with van der Waals surface area (Å²) in [5.41, 5.74) is 4.77. The Hall–Kier alpha value is -1.10. The highest BCUT2D eigenvalue weighted by molar-refractivity contribution is 5.32. The van der Waals surface area contributed by atoms with Gasteiger partial charge in [0.15, 0.2) is 0 Å². The molecule has 5 heteroatoms. The molecule has 1 aromatic carbocycles. The van der Waals surface area contributed by atoms with Crippen LogP contribution in [0.25, 0.3) is 0 Å².